The summed E-state index contributed by atoms with van der Waals surface area (Å²) in [6.07, 6.45) is 5.90. The Morgan fingerprint density at radius 2 is 1.73 bits per heavy atom. The van der Waals surface area contributed by atoms with Crippen LogP contribution in [0.3, 0.4) is 0 Å². The fourth-order valence-corrected chi connectivity index (χ4v) is 3.89. The molecule has 7 heteroatoms. The molecular formula is C23H28N6O. The van der Waals surface area contributed by atoms with Gasteiger partial charge in [-0.15, -0.1) is 0 Å². The van der Waals surface area contributed by atoms with Crippen LogP contribution in [-0.2, 0) is 0 Å². The van der Waals surface area contributed by atoms with Gasteiger partial charge in [0.15, 0.2) is 11.6 Å². The second-order valence-electron chi connectivity index (χ2n) is 8.10. The van der Waals surface area contributed by atoms with Gasteiger partial charge in [0, 0.05) is 17.7 Å². The van der Waals surface area contributed by atoms with Crippen LogP contribution in [0.2, 0.25) is 0 Å². The highest BCUT2D eigenvalue weighted by Gasteiger charge is 2.20. The summed E-state index contributed by atoms with van der Waals surface area (Å²) in [6.45, 7) is 3.86. The quantitative estimate of drug-likeness (QED) is 0.659. The number of benzene rings is 1. The number of nitrogens with zero attached hydrogens (tertiary/aromatic N) is 4. The number of aromatic nitrogens is 4. The first-order chi connectivity index (χ1) is 14.5. The number of hydrogen-bond acceptors (Lipinski definition) is 6. The molecule has 0 aliphatic heterocycles. The molecule has 0 amide bonds. The van der Waals surface area contributed by atoms with Gasteiger partial charge in [-0.1, -0.05) is 49.6 Å². The molecule has 2 heterocycles. The van der Waals surface area contributed by atoms with E-state index in [2.05, 4.69) is 10.4 Å². The maximum Gasteiger partial charge on any atom is 0.267 e. The maximum atomic E-state index is 12.2. The lowest BCUT2D eigenvalue weighted by molar-refractivity contribution is 0.462. The Balaban J connectivity index is 1.84. The predicted molar refractivity (Wildman–Crippen MR) is 120 cm³/mol. The average Bonchev–Trinajstić information content (AvgIpc) is 2.76. The number of hydrogen-bond donors (Lipinski definition) is 2. The van der Waals surface area contributed by atoms with Crippen LogP contribution in [0.1, 0.15) is 52.0 Å². The molecule has 156 valence electrons. The van der Waals surface area contributed by atoms with Gasteiger partial charge in [0.25, 0.3) is 5.56 Å². The maximum absolute atomic E-state index is 12.2. The summed E-state index contributed by atoms with van der Waals surface area (Å²) >= 11 is 0. The van der Waals surface area contributed by atoms with E-state index in [4.69, 9.17) is 15.7 Å². The number of nitrogens with one attached hydrogen (secondary N) is 1. The zero-order valence-corrected chi connectivity index (χ0v) is 17.5. The van der Waals surface area contributed by atoms with Gasteiger partial charge in [0.2, 0.25) is 0 Å². The molecule has 7 nitrogen and oxygen atoms in total. The third-order valence-corrected chi connectivity index (χ3v) is 5.47. The van der Waals surface area contributed by atoms with Gasteiger partial charge < -0.3 is 11.1 Å². The molecule has 1 aliphatic rings. The second-order valence-corrected chi connectivity index (χ2v) is 8.10. The summed E-state index contributed by atoms with van der Waals surface area (Å²) in [6, 6.07) is 13.3. The summed E-state index contributed by atoms with van der Waals surface area (Å²) in [4.78, 5) is 21.8. The summed E-state index contributed by atoms with van der Waals surface area (Å²) in [5, 5.41) is 8.07. The topological polar surface area (TPSA) is 98.7 Å². The lowest BCUT2D eigenvalue weighted by Crippen LogP contribution is -2.25. The number of nitrogen functional groups attached to an aromatic ring is 1. The highest BCUT2D eigenvalue weighted by Crippen LogP contribution is 2.32. The Morgan fingerprint density at radius 1 is 1.00 bits per heavy atom. The minimum Gasteiger partial charge on any atom is -0.381 e. The first-order valence-corrected chi connectivity index (χ1v) is 10.6. The highest BCUT2D eigenvalue weighted by molar-refractivity contribution is 5.79. The average molecular weight is 405 g/mol. The van der Waals surface area contributed by atoms with Crippen LogP contribution in [-0.4, -0.2) is 25.8 Å². The van der Waals surface area contributed by atoms with E-state index >= 15 is 0 Å². The van der Waals surface area contributed by atoms with Crippen molar-refractivity contribution in [3.05, 3.63) is 52.8 Å². The Labute approximate surface area is 176 Å². The smallest absolute Gasteiger partial charge is 0.267 e. The van der Waals surface area contributed by atoms with Crippen LogP contribution in [0, 0.1) is 0 Å². The lowest BCUT2D eigenvalue weighted by Gasteiger charge is -2.24. The van der Waals surface area contributed by atoms with Gasteiger partial charge >= 0.3 is 0 Å². The molecular weight excluding hydrogens is 376 g/mol. The van der Waals surface area contributed by atoms with Crippen molar-refractivity contribution in [1.29, 1.82) is 0 Å². The van der Waals surface area contributed by atoms with Crippen molar-refractivity contribution < 1.29 is 0 Å². The van der Waals surface area contributed by atoms with E-state index in [-0.39, 0.29) is 11.6 Å². The third-order valence-electron chi connectivity index (χ3n) is 5.47. The van der Waals surface area contributed by atoms with E-state index in [9.17, 15) is 4.79 Å². The summed E-state index contributed by atoms with van der Waals surface area (Å²) in [5.41, 5.74) is 8.95. The Bertz CT molecular complexity index is 1070. The summed E-state index contributed by atoms with van der Waals surface area (Å²) < 4.78 is 1.47. The van der Waals surface area contributed by atoms with Gasteiger partial charge in [-0.25, -0.2) is 14.6 Å². The Hall–Kier alpha value is -3.22. The van der Waals surface area contributed by atoms with E-state index in [1.165, 1.54) is 30.0 Å². The van der Waals surface area contributed by atoms with E-state index in [1.54, 1.807) is 6.07 Å². The summed E-state index contributed by atoms with van der Waals surface area (Å²) in [7, 11) is 0. The standard InChI is InChI=1S/C23H28N6O/c1-15(2)29-19(30)14-13-18(28-29)21-20(16-9-5-3-6-10-16)26-22(24)23(27-21)25-17-11-7-4-8-12-17/h3,5-6,9-10,13-15,17H,4,7-8,11-12H2,1-2H3,(H2,24,26)(H,25,27). The molecule has 1 aromatic carbocycles. The normalized spacial score (nSPS) is 14.8. The van der Waals surface area contributed by atoms with Gasteiger partial charge in [0.1, 0.15) is 17.1 Å². The number of rotatable bonds is 5. The largest absolute Gasteiger partial charge is 0.381 e. The monoisotopic (exact) mass is 404 g/mol. The van der Waals surface area contributed by atoms with Crippen molar-refractivity contribution in [2.45, 2.75) is 58.0 Å². The van der Waals surface area contributed by atoms with Crippen molar-refractivity contribution in [3.8, 4) is 22.6 Å². The van der Waals surface area contributed by atoms with Gasteiger partial charge in [-0.2, -0.15) is 5.10 Å². The molecule has 30 heavy (non-hydrogen) atoms. The van der Waals surface area contributed by atoms with Crippen molar-refractivity contribution in [2.24, 2.45) is 0 Å². The fraction of sp³-hybridized carbons (Fsp3) is 0.391. The van der Waals surface area contributed by atoms with E-state index in [1.807, 2.05) is 44.2 Å². The predicted octanol–water partition coefficient (Wildman–Crippen LogP) is 4.28. The first kappa shape index (κ1) is 20.1. The molecule has 3 aromatic rings. The minimum absolute atomic E-state index is 0.0563. The molecule has 2 aromatic heterocycles. The van der Waals surface area contributed by atoms with Crippen molar-refractivity contribution in [1.82, 2.24) is 19.7 Å². The van der Waals surface area contributed by atoms with Crippen LogP contribution in [0.15, 0.2) is 47.3 Å². The number of nitrogens with two attached hydrogens (primary N) is 1. The van der Waals surface area contributed by atoms with Crippen LogP contribution in [0.4, 0.5) is 11.6 Å². The molecule has 1 fully saturated rings. The van der Waals surface area contributed by atoms with E-state index < -0.39 is 0 Å². The third kappa shape index (κ3) is 4.20. The van der Waals surface area contributed by atoms with Gasteiger partial charge in [-0.05, 0) is 32.8 Å². The molecule has 0 unspecified atom stereocenters. The second kappa shape index (κ2) is 8.65. The van der Waals surface area contributed by atoms with Crippen molar-refractivity contribution >= 4 is 11.6 Å². The van der Waals surface area contributed by atoms with Gasteiger partial charge in [-0.3, -0.25) is 4.79 Å². The number of anilines is 2. The fourth-order valence-electron chi connectivity index (χ4n) is 3.89. The van der Waals surface area contributed by atoms with Crippen LogP contribution in [0.5, 0.6) is 0 Å². The SMILES string of the molecule is CC(C)n1nc(-c2nc(NC3CCCCC3)c(N)nc2-c2ccccc2)ccc1=O. The molecule has 0 spiro atoms. The molecule has 0 atom stereocenters. The molecule has 0 radical (unpaired) electrons. The molecule has 1 aliphatic carbocycles. The lowest BCUT2D eigenvalue weighted by atomic mass is 9.95. The highest BCUT2D eigenvalue weighted by atomic mass is 16.1. The molecule has 1 saturated carbocycles. The first-order valence-electron chi connectivity index (χ1n) is 10.6. The molecule has 0 saturated heterocycles. The van der Waals surface area contributed by atoms with Crippen molar-refractivity contribution in [3.63, 3.8) is 0 Å². The van der Waals surface area contributed by atoms with Crippen molar-refractivity contribution in [2.75, 3.05) is 11.1 Å². The van der Waals surface area contributed by atoms with Crippen LogP contribution >= 0.6 is 0 Å². The molecule has 0 bridgehead atoms. The zero-order valence-electron chi connectivity index (χ0n) is 17.5. The molecule has 3 N–H and O–H groups in total. The van der Waals surface area contributed by atoms with E-state index in [0.717, 1.165) is 18.4 Å². The van der Waals surface area contributed by atoms with E-state index in [0.29, 0.717) is 34.8 Å². The zero-order chi connectivity index (χ0) is 21.1. The van der Waals surface area contributed by atoms with Gasteiger partial charge in [0.05, 0.1) is 6.04 Å². The Kier molecular flexibility index (Phi) is 5.79. The van der Waals surface area contributed by atoms with Crippen LogP contribution in [0.25, 0.3) is 22.6 Å². The summed E-state index contributed by atoms with van der Waals surface area (Å²) in [5.74, 6) is 0.959. The Morgan fingerprint density at radius 3 is 2.43 bits per heavy atom. The minimum atomic E-state index is -0.140. The molecule has 4 rings (SSSR count). The van der Waals surface area contributed by atoms with Crippen LogP contribution < -0.4 is 16.6 Å².